The smallest absolute Gasteiger partial charge is 0.127 e. The molecule has 0 aliphatic carbocycles. The Bertz CT molecular complexity index is 565. The van der Waals surface area contributed by atoms with Gasteiger partial charge in [0.25, 0.3) is 0 Å². The number of nitrogens with one attached hydrogen (secondary N) is 1. The van der Waals surface area contributed by atoms with Crippen LogP contribution in [0.15, 0.2) is 35.7 Å². The fourth-order valence-corrected chi connectivity index (χ4v) is 3.68. The standard InChI is InChI=1S/C18H23NOS/c1-2-10-19-17(13-15-8-5-12-21-15)16-9-3-6-14-7-4-11-20-18(14)16/h3,5-6,8-9,12,17,19H,2,4,7,10-11,13H2,1H3. The van der Waals surface area contributed by atoms with Crippen molar-refractivity contribution >= 4 is 11.3 Å². The summed E-state index contributed by atoms with van der Waals surface area (Å²) in [7, 11) is 0. The number of thiophene rings is 1. The maximum absolute atomic E-state index is 6.00. The molecule has 2 heterocycles. The Labute approximate surface area is 131 Å². The summed E-state index contributed by atoms with van der Waals surface area (Å²) in [6.07, 6.45) is 4.46. The van der Waals surface area contributed by atoms with Gasteiger partial charge in [0, 0.05) is 22.9 Å². The third-order valence-electron chi connectivity index (χ3n) is 3.97. The summed E-state index contributed by atoms with van der Waals surface area (Å²) in [5.74, 6) is 1.13. The minimum atomic E-state index is 0.344. The van der Waals surface area contributed by atoms with E-state index in [0.717, 1.165) is 44.6 Å². The van der Waals surface area contributed by atoms with Crippen molar-refractivity contribution in [1.82, 2.24) is 5.32 Å². The Kier molecular flexibility index (Phi) is 4.94. The highest BCUT2D eigenvalue weighted by atomic mass is 32.1. The molecule has 1 aliphatic rings. The average molecular weight is 301 g/mol. The van der Waals surface area contributed by atoms with Gasteiger partial charge in [-0.15, -0.1) is 11.3 Å². The maximum Gasteiger partial charge on any atom is 0.127 e. The van der Waals surface area contributed by atoms with E-state index >= 15 is 0 Å². The van der Waals surface area contributed by atoms with Crippen LogP contribution in [0.5, 0.6) is 5.75 Å². The quantitative estimate of drug-likeness (QED) is 0.856. The van der Waals surface area contributed by atoms with E-state index in [1.54, 1.807) is 0 Å². The lowest BCUT2D eigenvalue weighted by atomic mass is 9.96. The van der Waals surface area contributed by atoms with Gasteiger partial charge in [0.05, 0.1) is 6.61 Å². The number of hydrogen-bond acceptors (Lipinski definition) is 3. The van der Waals surface area contributed by atoms with Crippen molar-refractivity contribution in [2.75, 3.05) is 13.2 Å². The zero-order valence-electron chi connectivity index (χ0n) is 12.6. The van der Waals surface area contributed by atoms with Crippen LogP contribution >= 0.6 is 11.3 Å². The molecule has 3 heteroatoms. The monoisotopic (exact) mass is 301 g/mol. The molecule has 0 saturated heterocycles. The fourth-order valence-electron chi connectivity index (χ4n) is 2.93. The molecule has 1 aliphatic heterocycles. The normalized spacial score (nSPS) is 15.3. The Balaban J connectivity index is 1.88. The highest BCUT2D eigenvalue weighted by Crippen LogP contribution is 2.34. The maximum atomic E-state index is 6.00. The van der Waals surface area contributed by atoms with E-state index in [2.05, 4.69) is 48.0 Å². The van der Waals surface area contributed by atoms with Crippen LogP contribution in [0.25, 0.3) is 0 Å². The second-order valence-corrected chi connectivity index (χ2v) is 6.61. The van der Waals surface area contributed by atoms with Crippen LogP contribution in [-0.4, -0.2) is 13.2 Å². The second-order valence-electron chi connectivity index (χ2n) is 5.58. The van der Waals surface area contributed by atoms with Crippen LogP contribution in [-0.2, 0) is 12.8 Å². The van der Waals surface area contributed by atoms with Crippen molar-refractivity contribution in [2.24, 2.45) is 0 Å². The summed E-state index contributed by atoms with van der Waals surface area (Å²) in [6.45, 7) is 4.11. The molecule has 2 aromatic rings. The minimum absolute atomic E-state index is 0.344. The van der Waals surface area contributed by atoms with Crippen LogP contribution in [0.4, 0.5) is 0 Å². The lowest BCUT2D eigenvalue weighted by Gasteiger charge is -2.26. The number of hydrogen-bond donors (Lipinski definition) is 1. The second kappa shape index (κ2) is 7.10. The number of rotatable bonds is 6. The Hall–Kier alpha value is -1.32. The summed E-state index contributed by atoms with van der Waals surface area (Å²) < 4.78 is 6.00. The van der Waals surface area contributed by atoms with Gasteiger partial charge in [-0.2, -0.15) is 0 Å². The highest BCUT2D eigenvalue weighted by Gasteiger charge is 2.21. The lowest BCUT2D eigenvalue weighted by molar-refractivity contribution is 0.281. The first-order valence-corrected chi connectivity index (χ1v) is 8.77. The van der Waals surface area contributed by atoms with Crippen LogP contribution in [0, 0.1) is 0 Å². The van der Waals surface area contributed by atoms with Gasteiger partial charge in [-0.1, -0.05) is 31.2 Å². The van der Waals surface area contributed by atoms with Crippen LogP contribution in [0.1, 0.15) is 41.8 Å². The van der Waals surface area contributed by atoms with E-state index in [9.17, 15) is 0 Å². The van der Waals surface area contributed by atoms with Crippen molar-refractivity contribution < 1.29 is 4.74 Å². The number of ether oxygens (including phenoxy) is 1. The van der Waals surface area contributed by atoms with Crippen molar-refractivity contribution in [3.8, 4) is 5.75 Å². The van der Waals surface area contributed by atoms with Crippen molar-refractivity contribution in [2.45, 2.75) is 38.6 Å². The predicted molar refractivity (Wildman–Crippen MR) is 89.3 cm³/mol. The number of aryl methyl sites for hydroxylation is 1. The van der Waals surface area contributed by atoms with Gasteiger partial charge in [0.1, 0.15) is 5.75 Å². The molecule has 0 radical (unpaired) electrons. The molecule has 0 amide bonds. The molecule has 112 valence electrons. The highest BCUT2D eigenvalue weighted by molar-refractivity contribution is 7.09. The molecule has 0 fully saturated rings. The molecule has 1 unspecified atom stereocenters. The Morgan fingerprint density at radius 3 is 3.05 bits per heavy atom. The van der Waals surface area contributed by atoms with Crippen LogP contribution in [0.2, 0.25) is 0 Å². The summed E-state index contributed by atoms with van der Waals surface area (Å²) in [5, 5.41) is 5.86. The Morgan fingerprint density at radius 2 is 2.24 bits per heavy atom. The molecule has 0 bridgehead atoms. The summed E-state index contributed by atoms with van der Waals surface area (Å²) in [5.41, 5.74) is 2.70. The number of para-hydroxylation sites is 1. The summed E-state index contributed by atoms with van der Waals surface area (Å²) >= 11 is 1.84. The summed E-state index contributed by atoms with van der Waals surface area (Å²) in [6, 6.07) is 11.3. The molecule has 0 spiro atoms. The van der Waals surface area contributed by atoms with E-state index in [1.807, 2.05) is 11.3 Å². The van der Waals surface area contributed by atoms with Crippen molar-refractivity contribution in [3.63, 3.8) is 0 Å². The molecule has 1 N–H and O–H groups in total. The minimum Gasteiger partial charge on any atom is -0.493 e. The molecule has 21 heavy (non-hydrogen) atoms. The average Bonchev–Trinajstić information content (AvgIpc) is 3.04. The third kappa shape index (κ3) is 3.47. The first kappa shape index (κ1) is 14.6. The van der Waals surface area contributed by atoms with E-state index < -0.39 is 0 Å². The van der Waals surface area contributed by atoms with Gasteiger partial charge in [-0.3, -0.25) is 0 Å². The van der Waals surface area contributed by atoms with Crippen LogP contribution in [0.3, 0.4) is 0 Å². The molecule has 0 saturated carbocycles. The molecular formula is C18H23NOS. The van der Waals surface area contributed by atoms with E-state index in [1.165, 1.54) is 16.0 Å². The van der Waals surface area contributed by atoms with E-state index in [4.69, 9.17) is 4.74 Å². The van der Waals surface area contributed by atoms with Gasteiger partial charge >= 0.3 is 0 Å². The Morgan fingerprint density at radius 1 is 1.29 bits per heavy atom. The van der Waals surface area contributed by atoms with Crippen molar-refractivity contribution in [1.29, 1.82) is 0 Å². The molecule has 2 nitrogen and oxygen atoms in total. The predicted octanol–water partition coefficient (Wildman–Crippen LogP) is 4.36. The largest absolute Gasteiger partial charge is 0.493 e. The topological polar surface area (TPSA) is 21.3 Å². The van der Waals surface area contributed by atoms with Gasteiger partial charge in [-0.25, -0.2) is 0 Å². The van der Waals surface area contributed by atoms with Gasteiger partial charge in [0.2, 0.25) is 0 Å². The zero-order valence-corrected chi connectivity index (χ0v) is 13.4. The fraction of sp³-hybridized carbons (Fsp3) is 0.444. The molecule has 3 rings (SSSR count). The number of benzene rings is 1. The molecular weight excluding hydrogens is 278 g/mol. The lowest BCUT2D eigenvalue weighted by Crippen LogP contribution is -2.25. The van der Waals surface area contributed by atoms with Gasteiger partial charge in [0.15, 0.2) is 0 Å². The van der Waals surface area contributed by atoms with Gasteiger partial charge < -0.3 is 10.1 Å². The molecule has 1 atom stereocenters. The van der Waals surface area contributed by atoms with E-state index in [0.29, 0.717) is 6.04 Å². The SMILES string of the molecule is CCCNC(Cc1cccs1)c1cccc2c1OCCC2. The van der Waals surface area contributed by atoms with Gasteiger partial charge in [-0.05, 0) is 42.8 Å². The first-order valence-electron chi connectivity index (χ1n) is 7.89. The third-order valence-corrected chi connectivity index (χ3v) is 4.86. The van der Waals surface area contributed by atoms with Crippen LogP contribution < -0.4 is 10.1 Å². The van der Waals surface area contributed by atoms with Crippen molar-refractivity contribution in [3.05, 3.63) is 51.7 Å². The zero-order chi connectivity index (χ0) is 14.5. The first-order chi connectivity index (χ1) is 10.4. The summed E-state index contributed by atoms with van der Waals surface area (Å²) in [4.78, 5) is 1.43. The number of fused-ring (bicyclic) bond motifs is 1. The van der Waals surface area contributed by atoms with E-state index in [-0.39, 0.29) is 0 Å². The molecule has 1 aromatic carbocycles. The molecule has 1 aromatic heterocycles.